The predicted octanol–water partition coefficient (Wildman–Crippen LogP) is 14.2. The normalized spacial score (nSPS) is 12.8. The number of aliphatic carboxylic acids is 1. The first-order valence-electron chi connectivity index (χ1n) is 22.6. The van der Waals surface area contributed by atoms with Crippen LogP contribution in [-0.2, 0) is 19.1 Å². The van der Waals surface area contributed by atoms with Crippen molar-refractivity contribution in [3.05, 3.63) is 72.9 Å². The molecule has 0 aliphatic rings. The van der Waals surface area contributed by atoms with Crippen molar-refractivity contribution in [3.63, 3.8) is 0 Å². The fourth-order valence-corrected chi connectivity index (χ4v) is 6.30. The van der Waals surface area contributed by atoms with Crippen molar-refractivity contribution in [2.75, 3.05) is 6.54 Å². The smallest absolute Gasteiger partial charge is 0.322 e. The molecule has 6 heteroatoms. The molecule has 55 heavy (non-hydrogen) atoms. The SMILES string of the molecule is CC/C=C\C/C=C\C/C=C\C/C=C\CCCCC(CCCCCCCC(=O)NCC(=O)O)OC(=O)CCCCCCCCC/C=C\C/C=C\CCCCCC. The molecule has 0 aliphatic heterocycles. The average molecular weight is 766 g/mol. The van der Waals surface area contributed by atoms with Crippen molar-refractivity contribution in [2.24, 2.45) is 0 Å². The Kier molecular flexibility index (Phi) is 41.1. The molecule has 0 saturated heterocycles. The molecular formula is C49H83NO5. The number of hydrogen-bond acceptors (Lipinski definition) is 4. The molecule has 0 aromatic rings. The van der Waals surface area contributed by atoms with E-state index < -0.39 is 5.97 Å². The van der Waals surface area contributed by atoms with Crippen LogP contribution in [0.4, 0.5) is 0 Å². The van der Waals surface area contributed by atoms with Gasteiger partial charge in [0.1, 0.15) is 12.6 Å². The van der Waals surface area contributed by atoms with Crippen LogP contribution in [0.5, 0.6) is 0 Å². The van der Waals surface area contributed by atoms with Crippen molar-refractivity contribution in [1.29, 1.82) is 0 Å². The Hall–Kier alpha value is -3.15. The average Bonchev–Trinajstić information content (AvgIpc) is 3.17. The minimum Gasteiger partial charge on any atom is -0.480 e. The fraction of sp³-hybridized carbons (Fsp3) is 0.694. The zero-order chi connectivity index (χ0) is 40.1. The second-order valence-corrected chi connectivity index (χ2v) is 14.9. The summed E-state index contributed by atoms with van der Waals surface area (Å²) < 4.78 is 6.02. The van der Waals surface area contributed by atoms with Gasteiger partial charge in [-0.1, -0.05) is 157 Å². The summed E-state index contributed by atoms with van der Waals surface area (Å²) in [5.74, 6) is -1.27. The van der Waals surface area contributed by atoms with E-state index >= 15 is 0 Å². The summed E-state index contributed by atoms with van der Waals surface area (Å²) in [5, 5.41) is 11.1. The highest BCUT2D eigenvalue weighted by atomic mass is 16.5. The number of allylic oxidation sites excluding steroid dienone is 12. The molecule has 0 radical (unpaired) electrons. The Labute approximate surface area is 338 Å². The van der Waals surface area contributed by atoms with Gasteiger partial charge in [0.15, 0.2) is 0 Å². The number of carbonyl (C=O) groups is 3. The summed E-state index contributed by atoms with van der Waals surface area (Å²) in [5.41, 5.74) is 0. The second-order valence-electron chi connectivity index (χ2n) is 14.9. The van der Waals surface area contributed by atoms with Crippen LogP contribution in [0.3, 0.4) is 0 Å². The molecule has 0 aromatic heterocycles. The van der Waals surface area contributed by atoms with Crippen molar-refractivity contribution in [1.82, 2.24) is 5.32 Å². The lowest BCUT2D eigenvalue weighted by molar-refractivity contribution is -0.150. The van der Waals surface area contributed by atoms with Crippen LogP contribution >= 0.6 is 0 Å². The molecule has 0 bridgehead atoms. The number of carboxylic acids is 1. The monoisotopic (exact) mass is 766 g/mol. The van der Waals surface area contributed by atoms with Crippen molar-refractivity contribution in [2.45, 2.75) is 213 Å². The third kappa shape index (κ3) is 43.4. The van der Waals surface area contributed by atoms with Gasteiger partial charge in [0.05, 0.1) is 0 Å². The second kappa shape index (κ2) is 43.6. The standard InChI is InChI=1S/C49H83NO5/c1-3-5-7-9-11-13-15-17-19-20-21-23-25-27-29-31-36-40-44-49(54)55-46(42-38-34-32-35-39-43-47(51)50-45-48(52)53)41-37-33-30-28-26-24-22-18-16-14-12-10-8-6-4-2/h6,8,12-15,18-20,22,26,28,46H,3-5,7,9-11,16-17,21,23-25,27,29-45H2,1-2H3,(H,50,51)(H,52,53)/b8-6-,14-12-,15-13-,20-19-,22-18-,28-26-. The summed E-state index contributed by atoms with van der Waals surface area (Å²) >= 11 is 0. The van der Waals surface area contributed by atoms with Gasteiger partial charge in [-0.05, 0) is 109 Å². The van der Waals surface area contributed by atoms with Gasteiger partial charge in [0, 0.05) is 12.8 Å². The van der Waals surface area contributed by atoms with Crippen molar-refractivity contribution in [3.8, 4) is 0 Å². The maximum absolute atomic E-state index is 12.8. The number of ether oxygens (including phenoxy) is 1. The van der Waals surface area contributed by atoms with E-state index in [0.717, 1.165) is 109 Å². The maximum atomic E-state index is 12.8. The number of nitrogens with one attached hydrogen (secondary N) is 1. The first-order chi connectivity index (χ1) is 27.0. The molecule has 0 aliphatic carbocycles. The highest BCUT2D eigenvalue weighted by Crippen LogP contribution is 2.18. The van der Waals surface area contributed by atoms with E-state index in [-0.39, 0.29) is 24.5 Å². The molecular weight excluding hydrogens is 683 g/mol. The summed E-state index contributed by atoms with van der Waals surface area (Å²) in [4.78, 5) is 35.1. The van der Waals surface area contributed by atoms with Crippen LogP contribution < -0.4 is 5.32 Å². The van der Waals surface area contributed by atoms with Gasteiger partial charge in [-0.3, -0.25) is 14.4 Å². The Morgan fingerprint density at radius 3 is 1.40 bits per heavy atom. The van der Waals surface area contributed by atoms with Crippen LogP contribution in [0.1, 0.15) is 206 Å². The summed E-state index contributed by atoms with van der Waals surface area (Å²) in [6.45, 7) is 4.09. The highest BCUT2D eigenvalue weighted by Gasteiger charge is 2.14. The zero-order valence-corrected chi connectivity index (χ0v) is 35.5. The molecule has 1 unspecified atom stereocenters. The van der Waals surface area contributed by atoms with E-state index in [4.69, 9.17) is 9.84 Å². The van der Waals surface area contributed by atoms with Gasteiger partial charge >= 0.3 is 11.9 Å². The Balaban J connectivity index is 4.27. The van der Waals surface area contributed by atoms with E-state index in [1.54, 1.807) is 0 Å². The van der Waals surface area contributed by atoms with Crippen LogP contribution in [0.25, 0.3) is 0 Å². The van der Waals surface area contributed by atoms with E-state index in [0.29, 0.717) is 12.8 Å². The third-order valence-corrected chi connectivity index (χ3v) is 9.61. The molecule has 1 amide bonds. The molecule has 0 aromatic carbocycles. The Morgan fingerprint density at radius 1 is 0.491 bits per heavy atom. The number of carboxylic acid groups (broad SMARTS) is 1. The van der Waals surface area contributed by atoms with Gasteiger partial charge in [-0.2, -0.15) is 0 Å². The largest absolute Gasteiger partial charge is 0.480 e. The quantitative estimate of drug-likeness (QED) is 0.0368. The first-order valence-corrected chi connectivity index (χ1v) is 22.6. The number of unbranched alkanes of at least 4 members (excludes halogenated alkanes) is 17. The molecule has 0 saturated carbocycles. The Bertz CT molecular complexity index is 1070. The maximum Gasteiger partial charge on any atom is 0.322 e. The minimum atomic E-state index is -1.02. The lowest BCUT2D eigenvalue weighted by Gasteiger charge is -2.18. The van der Waals surface area contributed by atoms with Crippen molar-refractivity contribution < 1.29 is 24.2 Å². The lowest BCUT2D eigenvalue weighted by Crippen LogP contribution is -2.28. The van der Waals surface area contributed by atoms with E-state index in [9.17, 15) is 14.4 Å². The third-order valence-electron chi connectivity index (χ3n) is 9.61. The number of rotatable bonds is 40. The van der Waals surface area contributed by atoms with Crippen LogP contribution in [0.2, 0.25) is 0 Å². The molecule has 0 fully saturated rings. The van der Waals surface area contributed by atoms with Gasteiger partial charge in [0.2, 0.25) is 5.91 Å². The highest BCUT2D eigenvalue weighted by molar-refractivity contribution is 5.80. The summed E-state index contributed by atoms with van der Waals surface area (Å²) in [6.07, 6.45) is 58.8. The van der Waals surface area contributed by atoms with Crippen LogP contribution in [0, 0.1) is 0 Å². The molecule has 0 heterocycles. The summed E-state index contributed by atoms with van der Waals surface area (Å²) in [7, 11) is 0. The molecule has 0 rings (SSSR count). The Morgan fingerprint density at radius 2 is 0.891 bits per heavy atom. The minimum absolute atomic E-state index is 0.0210. The first kappa shape index (κ1) is 51.9. The molecule has 6 nitrogen and oxygen atoms in total. The van der Waals surface area contributed by atoms with Gasteiger partial charge in [-0.25, -0.2) is 0 Å². The zero-order valence-electron chi connectivity index (χ0n) is 35.5. The topological polar surface area (TPSA) is 92.7 Å². The number of amides is 1. The van der Waals surface area contributed by atoms with E-state index in [1.165, 1.54) is 70.6 Å². The molecule has 2 N–H and O–H groups in total. The predicted molar refractivity (Wildman–Crippen MR) is 235 cm³/mol. The van der Waals surface area contributed by atoms with Crippen LogP contribution in [0.15, 0.2) is 72.9 Å². The van der Waals surface area contributed by atoms with Crippen LogP contribution in [-0.4, -0.2) is 35.6 Å². The van der Waals surface area contributed by atoms with Crippen molar-refractivity contribution >= 4 is 17.8 Å². The number of hydrogen-bond donors (Lipinski definition) is 2. The van der Waals surface area contributed by atoms with Gasteiger partial charge in [-0.15, -0.1) is 0 Å². The van der Waals surface area contributed by atoms with E-state index in [1.807, 2.05) is 0 Å². The summed E-state index contributed by atoms with van der Waals surface area (Å²) in [6, 6.07) is 0. The van der Waals surface area contributed by atoms with Gasteiger partial charge in [0.25, 0.3) is 0 Å². The molecule has 314 valence electrons. The fourth-order valence-electron chi connectivity index (χ4n) is 6.30. The molecule has 1 atom stereocenters. The lowest BCUT2D eigenvalue weighted by atomic mass is 10.0. The number of carbonyl (C=O) groups excluding carboxylic acids is 2. The van der Waals surface area contributed by atoms with Gasteiger partial charge < -0.3 is 15.2 Å². The van der Waals surface area contributed by atoms with E-state index in [2.05, 4.69) is 92.1 Å². The molecule has 0 spiro atoms. The number of esters is 1.